The molecule has 0 aromatic heterocycles. The van der Waals surface area contributed by atoms with Gasteiger partial charge in [-0.2, -0.15) is 0 Å². The predicted octanol–water partition coefficient (Wildman–Crippen LogP) is 4.06. The summed E-state index contributed by atoms with van der Waals surface area (Å²) in [4.78, 5) is 37.6. The maximum Gasteiger partial charge on any atom is 0.304 e. The van der Waals surface area contributed by atoms with E-state index in [2.05, 4.69) is 17.2 Å². The Morgan fingerprint density at radius 1 is 1.16 bits per heavy atom. The first-order valence-corrected chi connectivity index (χ1v) is 11.2. The van der Waals surface area contributed by atoms with Crippen LogP contribution >= 0.6 is 0 Å². The Labute approximate surface area is 185 Å². The number of carboxylic acid groups (broad SMARTS) is 1. The molecule has 0 saturated heterocycles. The number of nitrogens with one attached hydrogen (secondary N) is 2. The van der Waals surface area contributed by atoms with Gasteiger partial charge in [-0.1, -0.05) is 75.9 Å². The Kier molecular flexibility index (Phi) is 9.28. The zero-order valence-corrected chi connectivity index (χ0v) is 18.7. The fourth-order valence-corrected chi connectivity index (χ4v) is 4.40. The lowest BCUT2D eigenvalue weighted by atomic mass is 9.80. The van der Waals surface area contributed by atoms with Gasteiger partial charge in [0.2, 0.25) is 11.8 Å². The van der Waals surface area contributed by atoms with Crippen LogP contribution in [0.2, 0.25) is 0 Å². The third kappa shape index (κ3) is 7.85. The van der Waals surface area contributed by atoms with Gasteiger partial charge in [0.15, 0.2) is 0 Å². The van der Waals surface area contributed by atoms with Gasteiger partial charge >= 0.3 is 5.97 Å². The molecule has 0 aliphatic heterocycles. The molecule has 6 nitrogen and oxygen atoms in total. The van der Waals surface area contributed by atoms with Crippen LogP contribution < -0.4 is 10.6 Å². The van der Waals surface area contributed by atoms with Crippen LogP contribution in [0.3, 0.4) is 0 Å². The quantitative estimate of drug-likeness (QED) is 0.438. The van der Waals surface area contributed by atoms with Crippen molar-refractivity contribution in [3.05, 3.63) is 48.6 Å². The van der Waals surface area contributed by atoms with Gasteiger partial charge in [0, 0.05) is 12.5 Å². The summed E-state index contributed by atoms with van der Waals surface area (Å²) in [5.74, 6) is -1.88. The van der Waals surface area contributed by atoms with Crippen molar-refractivity contribution in [1.29, 1.82) is 0 Å². The van der Waals surface area contributed by atoms with E-state index in [9.17, 15) is 19.5 Å². The van der Waals surface area contributed by atoms with Crippen LogP contribution in [0.5, 0.6) is 0 Å². The van der Waals surface area contributed by atoms with E-state index in [0.717, 1.165) is 31.2 Å². The third-order valence-corrected chi connectivity index (χ3v) is 6.19. The number of carboxylic acids is 1. The van der Waals surface area contributed by atoms with E-state index in [4.69, 9.17) is 0 Å². The van der Waals surface area contributed by atoms with Crippen molar-refractivity contribution < 1.29 is 19.5 Å². The van der Waals surface area contributed by atoms with Gasteiger partial charge in [-0.15, -0.1) is 6.58 Å². The third-order valence-electron chi connectivity index (χ3n) is 6.19. The molecule has 3 N–H and O–H groups in total. The highest BCUT2D eigenvalue weighted by Gasteiger charge is 2.37. The molecular weight excluding hydrogens is 392 g/mol. The van der Waals surface area contributed by atoms with Crippen molar-refractivity contribution in [2.75, 3.05) is 0 Å². The summed E-state index contributed by atoms with van der Waals surface area (Å²) >= 11 is 0. The summed E-state index contributed by atoms with van der Waals surface area (Å²) in [6, 6.07) is 8.78. The maximum absolute atomic E-state index is 13.1. The van der Waals surface area contributed by atoms with Gasteiger partial charge < -0.3 is 15.7 Å². The highest BCUT2D eigenvalue weighted by atomic mass is 16.4. The average Bonchev–Trinajstić information content (AvgIpc) is 3.23. The van der Waals surface area contributed by atoms with Crippen LogP contribution in [0.4, 0.5) is 0 Å². The zero-order valence-electron chi connectivity index (χ0n) is 18.7. The van der Waals surface area contributed by atoms with E-state index in [1.54, 1.807) is 6.08 Å². The molecule has 2 rings (SSSR count). The minimum absolute atomic E-state index is 0.220. The second-order valence-electron chi connectivity index (χ2n) is 9.31. The first kappa shape index (κ1) is 24.6. The molecule has 170 valence electrons. The molecule has 1 aromatic carbocycles. The van der Waals surface area contributed by atoms with E-state index < -0.39 is 23.3 Å². The second-order valence-corrected chi connectivity index (χ2v) is 9.31. The molecule has 1 fully saturated rings. The van der Waals surface area contributed by atoms with Crippen LogP contribution in [-0.2, 0) is 20.9 Å². The Bertz CT molecular complexity index is 754. The van der Waals surface area contributed by atoms with Gasteiger partial charge in [-0.05, 0) is 29.7 Å². The van der Waals surface area contributed by atoms with Crippen LogP contribution in [0, 0.1) is 17.3 Å². The lowest BCUT2D eigenvalue weighted by molar-refractivity contribution is -0.142. The lowest BCUT2D eigenvalue weighted by Crippen LogP contribution is -2.55. The highest BCUT2D eigenvalue weighted by Crippen LogP contribution is 2.32. The van der Waals surface area contributed by atoms with Gasteiger partial charge in [-0.25, -0.2) is 0 Å². The molecule has 1 unspecified atom stereocenters. The van der Waals surface area contributed by atoms with Crippen LogP contribution in [-0.4, -0.2) is 28.9 Å². The monoisotopic (exact) mass is 428 g/mol. The summed E-state index contributed by atoms with van der Waals surface area (Å²) in [5, 5.41) is 15.1. The highest BCUT2D eigenvalue weighted by molar-refractivity contribution is 5.90. The smallest absolute Gasteiger partial charge is 0.304 e. The molecule has 1 saturated carbocycles. The maximum atomic E-state index is 13.1. The van der Waals surface area contributed by atoms with Crippen molar-refractivity contribution in [1.82, 2.24) is 10.6 Å². The minimum atomic E-state index is -0.992. The Morgan fingerprint density at radius 3 is 2.39 bits per heavy atom. The van der Waals surface area contributed by atoms with Crippen LogP contribution in [0.15, 0.2) is 43.0 Å². The van der Waals surface area contributed by atoms with E-state index in [0.29, 0.717) is 25.3 Å². The molecule has 1 aliphatic rings. The summed E-state index contributed by atoms with van der Waals surface area (Å²) in [6.45, 7) is 7.95. The minimum Gasteiger partial charge on any atom is -0.481 e. The van der Waals surface area contributed by atoms with Gasteiger partial charge in [0.1, 0.15) is 6.04 Å². The van der Waals surface area contributed by atoms with Crippen molar-refractivity contribution in [2.24, 2.45) is 17.3 Å². The predicted molar refractivity (Wildman–Crippen MR) is 121 cm³/mol. The second kappa shape index (κ2) is 11.7. The molecule has 0 bridgehead atoms. The number of aliphatic carboxylic acids is 1. The van der Waals surface area contributed by atoms with Crippen molar-refractivity contribution in [3.8, 4) is 0 Å². The lowest BCUT2D eigenvalue weighted by Gasteiger charge is -2.34. The molecule has 0 spiro atoms. The number of carbonyl (C=O) groups is 3. The fourth-order valence-electron chi connectivity index (χ4n) is 4.40. The standard InChI is InChI=1S/C25H36N2O4/c1-4-14-25(2,3)22(24(31)26-17-19-12-6-5-7-13-19)27-23(30)20(16-21(28)29)15-18-10-8-9-11-18/h4-7,12-13,18,20,22H,1,8-11,14-17H2,2-3H3,(H,26,31)(H,27,30)(H,28,29)/t20-,22?/m1/s1. The van der Waals surface area contributed by atoms with Crippen LogP contribution in [0.1, 0.15) is 64.4 Å². The van der Waals surface area contributed by atoms with Gasteiger partial charge in [0.25, 0.3) is 0 Å². The first-order valence-electron chi connectivity index (χ1n) is 11.2. The number of hydrogen-bond acceptors (Lipinski definition) is 3. The van der Waals surface area contributed by atoms with E-state index >= 15 is 0 Å². The number of benzene rings is 1. The Morgan fingerprint density at radius 2 is 1.81 bits per heavy atom. The number of allylic oxidation sites excluding steroid dienone is 1. The van der Waals surface area contributed by atoms with E-state index in [1.807, 2.05) is 44.2 Å². The molecule has 2 amide bonds. The summed E-state index contributed by atoms with van der Waals surface area (Å²) in [5.41, 5.74) is 0.395. The molecule has 0 heterocycles. The van der Waals surface area contributed by atoms with E-state index in [-0.39, 0.29) is 18.2 Å². The molecule has 2 atom stereocenters. The van der Waals surface area contributed by atoms with Crippen molar-refractivity contribution >= 4 is 17.8 Å². The number of carbonyl (C=O) groups excluding carboxylic acids is 2. The zero-order chi connectivity index (χ0) is 22.9. The topological polar surface area (TPSA) is 95.5 Å². The molecule has 6 heteroatoms. The number of rotatable bonds is 12. The molecular formula is C25H36N2O4. The molecule has 31 heavy (non-hydrogen) atoms. The average molecular weight is 429 g/mol. The fraction of sp³-hybridized carbons (Fsp3) is 0.560. The van der Waals surface area contributed by atoms with E-state index in [1.165, 1.54) is 0 Å². The normalized spacial score (nSPS) is 16.3. The Balaban J connectivity index is 2.13. The van der Waals surface area contributed by atoms with Crippen molar-refractivity contribution in [3.63, 3.8) is 0 Å². The summed E-state index contributed by atoms with van der Waals surface area (Å²) in [7, 11) is 0. The first-order chi connectivity index (χ1) is 14.7. The summed E-state index contributed by atoms with van der Waals surface area (Å²) in [6.07, 6.45) is 6.92. The van der Waals surface area contributed by atoms with Gasteiger partial charge in [-0.3, -0.25) is 14.4 Å². The molecule has 1 aliphatic carbocycles. The molecule has 1 aromatic rings. The SMILES string of the molecule is C=CCC(C)(C)C(NC(=O)[C@@H](CC(=O)O)CC1CCCC1)C(=O)NCc1ccccc1. The van der Waals surface area contributed by atoms with Gasteiger partial charge in [0.05, 0.1) is 6.42 Å². The number of amides is 2. The largest absolute Gasteiger partial charge is 0.481 e. The van der Waals surface area contributed by atoms with Crippen LogP contribution in [0.25, 0.3) is 0 Å². The Hall–Kier alpha value is -2.63. The number of hydrogen-bond donors (Lipinski definition) is 3. The molecule has 0 radical (unpaired) electrons. The summed E-state index contributed by atoms with van der Waals surface area (Å²) < 4.78 is 0. The van der Waals surface area contributed by atoms with Crippen molar-refractivity contribution in [2.45, 2.75) is 71.4 Å².